The van der Waals surface area contributed by atoms with E-state index in [1.165, 1.54) is 0 Å². The minimum atomic E-state index is 0.0121. The van der Waals surface area contributed by atoms with Crippen LogP contribution in [0.2, 0.25) is 0 Å². The molecular weight excluding hydrogens is 242 g/mol. The normalized spacial score (nSPS) is 18.6. The third kappa shape index (κ3) is 3.53. The van der Waals surface area contributed by atoms with Gasteiger partial charge in [-0.05, 0) is 18.2 Å². The third-order valence-electron chi connectivity index (χ3n) is 3.16. The number of nitrogens with one attached hydrogen (secondary N) is 1. The quantitative estimate of drug-likeness (QED) is 0.876. The van der Waals surface area contributed by atoms with Gasteiger partial charge >= 0.3 is 0 Å². The molecule has 1 fully saturated rings. The lowest BCUT2D eigenvalue weighted by molar-refractivity contribution is -0.119. The maximum Gasteiger partial charge on any atom is 0.228 e. The Hall–Kier alpha value is -1.90. The van der Waals surface area contributed by atoms with Crippen LogP contribution in [0.1, 0.15) is 12.0 Å². The Balaban J connectivity index is 1.99. The number of carbonyl (C=O) groups is 1. The number of rotatable bonds is 3. The molecule has 1 N–H and O–H groups in total. The van der Waals surface area contributed by atoms with Crippen LogP contribution < -0.4 is 10.2 Å². The lowest BCUT2D eigenvalue weighted by atomic mass is 10.1. The number of nitriles is 1. The first-order valence-corrected chi connectivity index (χ1v) is 6.28. The van der Waals surface area contributed by atoms with Gasteiger partial charge in [0.15, 0.2) is 0 Å². The van der Waals surface area contributed by atoms with Crippen molar-refractivity contribution in [2.75, 3.05) is 31.7 Å². The highest BCUT2D eigenvalue weighted by atomic mass is 16.5. The standard InChI is InChI=1S/C14H17N3O2/c1-17(13-4-2-3-11(7-13)9-15)14(18)8-12-10-19-6-5-16-12/h2-4,7,12,16H,5-6,8,10H2,1H3. The van der Waals surface area contributed by atoms with E-state index in [9.17, 15) is 4.79 Å². The van der Waals surface area contributed by atoms with Gasteiger partial charge in [0, 0.05) is 31.7 Å². The molecule has 5 heteroatoms. The smallest absolute Gasteiger partial charge is 0.228 e. The summed E-state index contributed by atoms with van der Waals surface area (Å²) in [5.41, 5.74) is 1.29. The lowest BCUT2D eigenvalue weighted by Crippen LogP contribution is -2.44. The molecule has 1 aromatic carbocycles. The van der Waals surface area contributed by atoms with Crippen LogP contribution >= 0.6 is 0 Å². The molecule has 1 unspecified atom stereocenters. The summed E-state index contributed by atoms with van der Waals surface area (Å²) in [5, 5.41) is 12.1. The van der Waals surface area contributed by atoms with Gasteiger partial charge in [-0.1, -0.05) is 6.07 Å². The van der Waals surface area contributed by atoms with Gasteiger partial charge in [0.05, 0.1) is 24.8 Å². The van der Waals surface area contributed by atoms with Crippen LogP contribution in [0.25, 0.3) is 0 Å². The number of morpholine rings is 1. The van der Waals surface area contributed by atoms with E-state index in [4.69, 9.17) is 10.00 Å². The van der Waals surface area contributed by atoms with Crippen LogP contribution in [-0.4, -0.2) is 38.8 Å². The summed E-state index contributed by atoms with van der Waals surface area (Å²) in [6, 6.07) is 9.18. The molecule has 5 nitrogen and oxygen atoms in total. The molecule has 0 aromatic heterocycles. The SMILES string of the molecule is CN(C(=O)CC1COCCN1)c1cccc(C#N)c1. The minimum Gasteiger partial charge on any atom is -0.378 e. The van der Waals surface area contributed by atoms with Gasteiger partial charge in [-0.15, -0.1) is 0 Å². The summed E-state index contributed by atoms with van der Waals surface area (Å²) in [4.78, 5) is 13.7. The molecule has 0 aliphatic carbocycles. The van der Waals surface area contributed by atoms with E-state index in [1.807, 2.05) is 6.07 Å². The summed E-state index contributed by atoms with van der Waals surface area (Å²) < 4.78 is 5.33. The van der Waals surface area contributed by atoms with Crippen LogP contribution in [0, 0.1) is 11.3 Å². The van der Waals surface area contributed by atoms with E-state index in [1.54, 1.807) is 30.1 Å². The molecule has 0 bridgehead atoms. The van der Waals surface area contributed by atoms with Crippen molar-refractivity contribution < 1.29 is 9.53 Å². The van der Waals surface area contributed by atoms with Crippen LogP contribution in [0.4, 0.5) is 5.69 Å². The van der Waals surface area contributed by atoms with Crippen molar-refractivity contribution in [3.8, 4) is 6.07 Å². The maximum atomic E-state index is 12.2. The molecule has 100 valence electrons. The zero-order valence-electron chi connectivity index (χ0n) is 10.9. The van der Waals surface area contributed by atoms with Gasteiger partial charge in [0.1, 0.15) is 0 Å². The van der Waals surface area contributed by atoms with Crippen LogP contribution in [-0.2, 0) is 9.53 Å². The summed E-state index contributed by atoms with van der Waals surface area (Å²) in [7, 11) is 1.72. The average molecular weight is 259 g/mol. The predicted octanol–water partition coefficient (Wildman–Crippen LogP) is 0.900. The van der Waals surface area contributed by atoms with Gasteiger partial charge in [-0.2, -0.15) is 5.26 Å². The Bertz CT molecular complexity index is 490. The van der Waals surface area contributed by atoms with Crippen molar-refractivity contribution in [2.24, 2.45) is 0 Å². The molecule has 0 spiro atoms. The van der Waals surface area contributed by atoms with Crippen molar-refractivity contribution in [3.05, 3.63) is 29.8 Å². The Kier molecular flexibility index (Phi) is 4.50. The first kappa shape index (κ1) is 13.5. The van der Waals surface area contributed by atoms with Gasteiger partial charge in [0.25, 0.3) is 0 Å². The highest BCUT2D eigenvalue weighted by molar-refractivity contribution is 5.93. The number of ether oxygens (including phenoxy) is 1. The number of nitrogens with zero attached hydrogens (tertiary/aromatic N) is 2. The van der Waals surface area contributed by atoms with Gasteiger partial charge in [0.2, 0.25) is 5.91 Å². The summed E-state index contributed by atoms with van der Waals surface area (Å²) in [6.45, 7) is 2.05. The first-order valence-electron chi connectivity index (χ1n) is 6.28. The molecule has 1 aliphatic rings. The minimum absolute atomic E-state index is 0.0121. The Morgan fingerprint density at radius 3 is 3.16 bits per heavy atom. The fourth-order valence-electron chi connectivity index (χ4n) is 2.03. The molecule has 19 heavy (non-hydrogen) atoms. The van der Waals surface area contributed by atoms with Crippen LogP contribution in [0.15, 0.2) is 24.3 Å². The highest BCUT2D eigenvalue weighted by Crippen LogP contribution is 2.16. The molecule has 0 radical (unpaired) electrons. The van der Waals surface area contributed by atoms with E-state index < -0.39 is 0 Å². The van der Waals surface area contributed by atoms with Crippen LogP contribution in [0.5, 0.6) is 0 Å². The molecule has 1 heterocycles. The number of hydrogen-bond donors (Lipinski definition) is 1. The van der Waals surface area contributed by atoms with Gasteiger partial charge in [-0.25, -0.2) is 0 Å². The van der Waals surface area contributed by atoms with Crippen molar-refractivity contribution in [2.45, 2.75) is 12.5 Å². The predicted molar refractivity (Wildman–Crippen MR) is 71.8 cm³/mol. The zero-order chi connectivity index (χ0) is 13.7. The molecule has 1 atom stereocenters. The molecule has 1 aromatic rings. The Morgan fingerprint density at radius 2 is 2.47 bits per heavy atom. The molecular formula is C14H17N3O2. The van der Waals surface area contributed by atoms with Gasteiger partial charge in [-0.3, -0.25) is 4.79 Å². The first-order chi connectivity index (χ1) is 9.20. The second-order valence-electron chi connectivity index (χ2n) is 4.54. The lowest BCUT2D eigenvalue weighted by Gasteiger charge is -2.25. The van der Waals surface area contributed by atoms with E-state index in [0.29, 0.717) is 25.2 Å². The Labute approximate surface area is 112 Å². The molecule has 1 saturated heterocycles. The van der Waals surface area contributed by atoms with Gasteiger partial charge < -0.3 is 15.0 Å². The number of anilines is 1. The Morgan fingerprint density at radius 1 is 1.63 bits per heavy atom. The largest absolute Gasteiger partial charge is 0.378 e. The van der Waals surface area contributed by atoms with Crippen molar-refractivity contribution in [1.29, 1.82) is 5.26 Å². The average Bonchev–Trinajstić information content (AvgIpc) is 2.47. The number of carbonyl (C=O) groups excluding carboxylic acids is 1. The molecule has 1 aliphatic heterocycles. The zero-order valence-corrected chi connectivity index (χ0v) is 10.9. The summed E-state index contributed by atoms with van der Waals surface area (Å²) in [6.07, 6.45) is 0.396. The summed E-state index contributed by atoms with van der Waals surface area (Å²) in [5.74, 6) is 0.0121. The molecule has 1 amide bonds. The highest BCUT2D eigenvalue weighted by Gasteiger charge is 2.20. The second kappa shape index (κ2) is 6.32. The summed E-state index contributed by atoms with van der Waals surface area (Å²) >= 11 is 0. The van der Waals surface area contributed by atoms with E-state index in [-0.39, 0.29) is 11.9 Å². The van der Waals surface area contributed by atoms with E-state index in [2.05, 4.69) is 11.4 Å². The monoisotopic (exact) mass is 259 g/mol. The molecule has 0 saturated carbocycles. The number of amides is 1. The maximum absolute atomic E-state index is 12.2. The third-order valence-corrected chi connectivity index (χ3v) is 3.16. The van der Waals surface area contributed by atoms with Crippen LogP contribution in [0.3, 0.4) is 0 Å². The number of hydrogen-bond acceptors (Lipinski definition) is 4. The van der Waals surface area contributed by atoms with E-state index in [0.717, 1.165) is 12.2 Å². The van der Waals surface area contributed by atoms with Crippen molar-refractivity contribution >= 4 is 11.6 Å². The fourth-order valence-corrected chi connectivity index (χ4v) is 2.03. The topological polar surface area (TPSA) is 65.4 Å². The number of benzene rings is 1. The van der Waals surface area contributed by atoms with Crippen molar-refractivity contribution in [1.82, 2.24) is 5.32 Å². The second-order valence-corrected chi connectivity index (χ2v) is 4.54. The van der Waals surface area contributed by atoms with E-state index >= 15 is 0 Å². The fraction of sp³-hybridized carbons (Fsp3) is 0.429. The van der Waals surface area contributed by atoms with Crippen molar-refractivity contribution in [3.63, 3.8) is 0 Å². The molecule has 2 rings (SSSR count).